The van der Waals surface area contributed by atoms with Gasteiger partial charge in [0.1, 0.15) is 70.1 Å². The van der Waals surface area contributed by atoms with Crippen molar-refractivity contribution in [1.82, 2.24) is 0 Å². The fraction of sp³-hybridized carbons (Fsp3) is 0.162. The van der Waals surface area contributed by atoms with E-state index in [2.05, 4.69) is 0 Å². The number of phenols is 24. The summed E-state index contributed by atoms with van der Waals surface area (Å²) in [5.74, 6) is -29.1. The van der Waals surface area contributed by atoms with E-state index < -0.39 is 286 Å². The Bertz CT molecular complexity index is 4860. The van der Waals surface area contributed by atoms with Gasteiger partial charge in [0.15, 0.2) is 122 Å². The lowest BCUT2D eigenvalue weighted by Gasteiger charge is -2.37. The van der Waals surface area contributed by atoms with Crippen LogP contribution in [0.15, 0.2) is 84.9 Å². The molecule has 9 aromatic rings. The summed E-state index contributed by atoms with van der Waals surface area (Å²) in [6.45, 7) is 0. The highest BCUT2D eigenvalue weighted by Gasteiger charge is 2.45. The van der Waals surface area contributed by atoms with Crippen molar-refractivity contribution >= 4 is 17.9 Å². The molecule has 0 saturated carbocycles. The van der Waals surface area contributed by atoms with Crippen molar-refractivity contribution in [2.45, 2.75) is 68.7 Å². The van der Waals surface area contributed by atoms with Crippen LogP contribution in [0.5, 0.6) is 155 Å². The summed E-state index contributed by atoms with van der Waals surface area (Å²) >= 11 is 0. The summed E-state index contributed by atoms with van der Waals surface area (Å²) < 4.78 is 37.0. The van der Waals surface area contributed by atoms with Gasteiger partial charge < -0.3 is 151 Å². The number of carbonyl (C=O) groups excluding carboxylic acids is 3. The molecule has 6 atom stereocenters. The molecule has 3 aliphatic heterocycles. The maximum Gasteiger partial charge on any atom is 0.338 e. The summed E-state index contributed by atoms with van der Waals surface area (Å²) in [6, 6.07) is 10.8. The van der Waals surface area contributed by atoms with Gasteiger partial charge in [-0.15, -0.1) is 0 Å². The third-order valence-electron chi connectivity index (χ3n) is 17.2. The molecule has 101 heavy (non-hydrogen) atoms. The van der Waals surface area contributed by atoms with E-state index in [4.69, 9.17) is 28.4 Å². The Labute approximate surface area is 562 Å². The van der Waals surface area contributed by atoms with Gasteiger partial charge in [-0.1, -0.05) is 0 Å². The molecule has 12 rings (SSSR count). The molecule has 0 bridgehead atoms. The quantitative estimate of drug-likeness (QED) is 0.0332. The van der Waals surface area contributed by atoms with Gasteiger partial charge in [0.2, 0.25) is 0 Å². The molecule has 3 aliphatic rings. The Morgan fingerprint density at radius 1 is 0.267 bits per heavy atom. The van der Waals surface area contributed by atoms with Crippen molar-refractivity contribution in [3.8, 4) is 155 Å². The molecule has 0 radical (unpaired) electrons. The predicted octanol–water partition coefficient (Wildman–Crippen LogP) is 6.51. The zero-order valence-electron chi connectivity index (χ0n) is 51.0. The molecule has 9 aromatic carbocycles. The van der Waals surface area contributed by atoms with Gasteiger partial charge in [0, 0.05) is 99.9 Å². The van der Waals surface area contributed by atoms with Gasteiger partial charge in [0.05, 0.1) is 16.7 Å². The molecule has 0 saturated heterocycles. The van der Waals surface area contributed by atoms with Crippen LogP contribution >= 0.6 is 0 Å². The molecule has 33 heteroatoms. The minimum Gasteiger partial charge on any atom is -0.507 e. The lowest BCUT2D eigenvalue weighted by Crippen LogP contribution is -2.36. The van der Waals surface area contributed by atoms with E-state index in [9.17, 15) is 137 Å². The first-order valence-corrected chi connectivity index (χ1v) is 29.5. The summed E-state index contributed by atoms with van der Waals surface area (Å²) in [6.07, 6.45) is -14.8. The van der Waals surface area contributed by atoms with Crippen LogP contribution in [0.1, 0.15) is 105 Å². The van der Waals surface area contributed by atoms with Crippen LogP contribution in [0.2, 0.25) is 0 Å². The molecule has 33 nitrogen and oxygen atoms in total. The zero-order chi connectivity index (χ0) is 73.0. The molecule has 0 amide bonds. The largest absolute Gasteiger partial charge is 0.507 e. The highest BCUT2D eigenvalue weighted by Crippen LogP contribution is 2.57. The molecule has 3 heterocycles. The Kier molecular flexibility index (Phi) is 16.5. The molecular weight excluding hydrogens is 1340 g/mol. The van der Waals surface area contributed by atoms with Crippen molar-refractivity contribution in [1.29, 1.82) is 0 Å². The number of aromatic hydroxyl groups is 24. The van der Waals surface area contributed by atoms with Crippen molar-refractivity contribution in [3.63, 3.8) is 0 Å². The second-order valence-electron chi connectivity index (χ2n) is 23.6. The predicted molar refractivity (Wildman–Crippen MR) is 332 cm³/mol. The molecule has 0 unspecified atom stereocenters. The van der Waals surface area contributed by atoms with E-state index in [1.165, 1.54) is 0 Å². The topological polar surface area (TPSA) is 592 Å². The molecule has 524 valence electrons. The summed E-state index contributed by atoms with van der Waals surface area (Å²) in [5.41, 5.74) is -5.96. The lowest BCUT2D eigenvalue weighted by atomic mass is 9.84. The van der Waals surface area contributed by atoms with Gasteiger partial charge in [-0.05, 0) is 72.8 Å². The number of benzene rings is 9. The van der Waals surface area contributed by atoms with Crippen LogP contribution in [0.3, 0.4) is 0 Å². The maximum absolute atomic E-state index is 14.2. The van der Waals surface area contributed by atoms with Crippen molar-refractivity contribution < 1.29 is 165 Å². The molecule has 0 spiro atoms. The molecule has 0 fully saturated rings. The maximum atomic E-state index is 14.2. The van der Waals surface area contributed by atoms with Gasteiger partial charge in [-0.25, -0.2) is 14.4 Å². The van der Waals surface area contributed by atoms with Gasteiger partial charge in [0.25, 0.3) is 0 Å². The summed E-state index contributed by atoms with van der Waals surface area (Å²) in [4.78, 5) is 41.9. The Hall–Kier alpha value is -14.0. The number of phenolic OH excluding ortho intramolecular Hbond substituents is 24. The average Bonchev–Trinajstić information content (AvgIpc) is 0.738. The van der Waals surface area contributed by atoms with E-state index in [0.29, 0.717) is 36.4 Å². The van der Waals surface area contributed by atoms with Gasteiger partial charge in [-0.2, -0.15) is 0 Å². The number of carbonyl (C=O) groups is 3. The van der Waals surface area contributed by atoms with E-state index in [1.54, 1.807) is 0 Å². The monoisotopic (exact) mass is 1400 g/mol. The van der Waals surface area contributed by atoms with Crippen molar-refractivity contribution in [3.05, 3.63) is 157 Å². The number of ether oxygens (including phenoxy) is 6. The van der Waals surface area contributed by atoms with E-state index in [0.717, 1.165) is 48.5 Å². The smallest absolute Gasteiger partial charge is 0.338 e. The normalized spacial score (nSPS) is 17.4. The van der Waals surface area contributed by atoms with Crippen LogP contribution in [-0.2, 0) is 46.3 Å². The second-order valence-corrected chi connectivity index (χ2v) is 23.6. The number of hydrogen-bond acceptors (Lipinski definition) is 33. The van der Waals surface area contributed by atoms with E-state index >= 15 is 0 Å². The fourth-order valence-electron chi connectivity index (χ4n) is 12.2. The van der Waals surface area contributed by atoms with E-state index in [1.807, 2.05) is 0 Å². The molecular formula is C68H54O33. The summed E-state index contributed by atoms with van der Waals surface area (Å²) in [7, 11) is 0. The first kappa shape index (κ1) is 67.0. The number of fused-ring (bicyclic) bond motifs is 3. The van der Waals surface area contributed by atoms with Crippen LogP contribution in [0.25, 0.3) is 0 Å². The zero-order valence-corrected chi connectivity index (χ0v) is 51.0. The van der Waals surface area contributed by atoms with Gasteiger partial charge >= 0.3 is 17.9 Å². The first-order valence-electron chi connectivity index (χ1n) is 29.5. The minimum absolute atomic E-state index is 0.295. The second kappa shape index (κ2) is 24.9. The van der Waals surface area contributed by atoms with Crippen molar-refractivity contribution in [2.75, 3.05) is 0 Å². The highest BCUT2D eigenvalue weighted by molar-refractivity contribution is 5.93. The van der Waals surface area contributed by atoms with Crippen LogP contribution in [0.4, 0.5) is 0 Å². The fourth-order valence-corrected chi connectivity index (χ4v) is 12.2. The third kappa shape index (κ3) is 11.9. The lowest BCUT2D eigenvalue weighted by molar-refractivity contribution is -0.0197. The summed E-state index contributed by atoms with van der Waals surface area (Å²) in [5, 5.41) is 261. The molecule has 0 aliphatic carbocycles. The Morgan fingerprint density at radius 3 is 0.782 bits per heavy atom. The SMILES string of the molecule is O=C(O[C@H]1Cc2c(O)cc(O)c(Cc3c(O)c(Cc4c(O)cc(O)c5c4O[C@H](c4cc(O)c(O)c(O)c4)[C@H](OC(=O)c4cc(O)c(O)c(O)c4)C5)c(O)c4c3O[C@@H](c3cc(O)c(O)c(O)c3)[C@H](OC(=O)c3cc(O)c(O)c(O)c3)C4)c2O[C@H]1c1cc(O)c(O)c(O)c1)c1cc(O)c(O)c(O)c1. The number of rotatable bonds is 13. The third-order valence-corrected chi connectivity index (χ3v) is 17.2. The Morgan fingerprint density at radius 2 is 0.505 bits per heavy atom. The number of esters is 3. The standard InChI is InChI=1S/C68H54O33/c69-33-18-35(71)28-15-49(96-66(93)23-7-43(79)57(90)44(80)8-23)60(20-1-37(73)54(87)38(74)2-20)99-63(28)26(33)13-30-52(85)31(65-32(53(30)86)17-51(62(101-65)22-5-41(77)56(89)42(78)6-22)98-68(95)25-11-47(83)59(92)48(84)12-25)14-27-34(70)19-36(72)29-16-50(97-67(94)24-9-45(81)58(91)46(82)10-24)61(100-64(27)29)21-3-39(75)55(88)40(76)4-21/h1-12,18-19,49-51,60-62,69-92H,13-17H2/t49-,50+,51-,60-,61+,62+/m1/s1. The first-order chi connectivity index (χ1) is 47.7. The minimum atomic E-state index is -1.87. The van der Waals surface area contributed by atoms with Crippen molar-refractivity contribution in [2.24, 2.45) is 0 Å². The molecule has 24 N–H and O–H groups in total. The average molecular weight is 1400 g/mol. The van der Waals surface area contributed by atoms with Crippen LogP contribution in [-0.4, -0.2) is 159 Å². The number of hydrogen-bond donors (Lipinski definition) is 24. The van der Waals surface area contributed by atoms with Gasteiger partial charge in [-0.3, -0.25) is 0 Å². The van der Waals surface area contributed by atoms with Crippen LogP contribution in [0, 0.1) is 0 Å². The van der Waals surface area contributed by atoms with Crippen LogP contribution < -0.4 is 14.2 Å². The van der Waals surface area contributed by atoms with E-state index in [-0.39, 0.29) is 27.8 Å². The molecule has 0 aromatic heterocycles. The highest BCUT2D eigenvalue weighted by atomic mass is 16.6. The Balaban J connectivity index is 1.04.